The molecule has 1 aromatic heterocycles. The number of aryl methyl sites for hydroxylation is 1. The third-order valence-electron chi connectivity index (χ3n) is 4.80. The molecule has 0 unspecified atom stereocenters. The predicted octanol–water partition coefficient (Wildman–Crippen LogP) is 4.47. The lowest BCUT2D eigenvalue weighted by Gasteiger charge is -2.12. The van der Waals surface area contributed by atoms with Gasteiger partial charge in [0.05, 0.1) is 18.4 Å². The van der Waals surface area contributed by atoms with Crippen LogP contribution in [0.2, 0.25) is 0 Å². The highest BCUT2D eigenvalue weighted by molar-refractivity contribution is 6.12. The molecule has 2 amide bonds. The molecule has 34 heavy (non-hydrogen) atoms. The lowest BCUT2D eigenvalue weighted by atomic mass is 10.1. The molecule has 0 fully saturated rings. The van der Waals surface area contributed by atoms with Gasteiger partial charge >= 0.3 is 0 Å². The molecule has 0 atom stereocenters. The summed E-state index contributed by atoms with van der Waals surface area (Å²) in [6.07, 6.45) is 0. The van der Waals surface area contributed by atoms with Crippen LogP contribution in [-0.4, -0.2) is 29.1 Å². The van der Waals surface area contributed by atoms with E-state index in [1.54, 1.807) is 86.8 Å². The number of rotatable bonds is 8. The minimum Gasteiger partial charge on any atom is -0.497 e. The maximum Gasteiger partial charge on any atom is 0.257 e. The van der Waals surface area contributed by atoms with Crippen LogP contribution >= 0.6 is 0 Å². The van der Waals surface area contributed by atoms with Gasteiger partial charge in [0.2, 0.25) is 11.7 Å². The van der Waals surface area contributed by atoms with Crippen molar-refractivity contribution in [3.63, 3.8) is 0 Å². The molecule has 0 spiro atoms. The van der Waals surface area contributed by atoms with Gasteiger partial charge in [-0.05, 0) is 48.5 Å². The SMILES string of the molecule is COc1cccc(NC(=O)c2ccccc2NC(=O)c2ccc(OCc3noc(C)n3)cc2)c1. The quantitative estimate of drug-likeness (QED) is 0.400. The first-order valence-corrected chi connectivity index (χ1v) is 10.4. The first kappa shape index (κ1) is 22.5. The van der Waals surface area contributed by atoms with E-state index in [4.69, 9.17) is 14.0 Å². The fourth-order valence-corrected chi connectivity index (χ4v) is 3.13. The number of para-hydroxylation sites is 1. The molecule has 0 aliphatic carbocycles. The molecule has 2 N–H and O–H groups in total. The summed E-state index contributed by atoms with van der Waals surface area (Å²) >= 11 is 0. The van der Waals surface area contributed by atoms with Gasteiger partial charge in [0.25, 0.3) is 11.8 Å². The topological polar surface area (TPSA) is 116 Å². The van der Waals surface area contributed by atoms with Crippen molar-refractivity contribution in [2.45, 2.75) is 13.5 Å². The second-order valence-electron chi connectivity index (χ2n) is 7.23. The summed E-state index contributed by atoms with van der Waals surface area (Å²) in [6.45, 7) is 1.85. The molecule has 0 radical (unpaired) electrons. The van der Waals surface area contributed by atoms with Crippen LogP contribution in [0.3, 0.4) is 0 Å². The molecule has 0 saturated heterocycles. The summed E-state index contributed by atoms with van der Waals surface area (Å²) in [4.78, 5) is 29.7. The van der Waals surface area contributed by atoms with Crippen molar-refractivity contribution in [3.05, 3.63) is 95.6 Å². The average molecular weight is 458 g/mol. The van der Waals surface area contributed by atoms with Crippen molar-refractivity contribution in [2.24, 2.45) is 0 Å². The van der Waals surface area contributed by atoms with Crippen molar-refractivity contribution < 1.29 is 23.6 Å². The lowest BCUT2D eigenvalue weighted by molar-refractivity contribution is 0.102. The number of nitrogens with zero attached hydrogens (tertiary/aromatic N) is 2. The number of anilines is 2. The molecular weight excluding hydrogens is 436 g/mol. The van der Waals surface area contributed by atoms with E-state index in [-0.39, 0.29) is 18.4 Å². The Balaban J connectivity index is 1.41. The van der Waals surface area contributed by atoms with Gasteiger partial charge in [-0.15, -0.1) is 0 Å². The molecule has 4 rings (SSSR count). The van der Waals surface area contributed by atoms with E-state index >= 15 is 0 Å². The molecular formula is C25H22N4O5. The average Bonchev–Trinajstić information content (AvgIpc) is 3.28. The second-order valence-corrected chi connectivity index (χ2v) is 7.23. The smallest absolute Gasteiger partial charge is 0.257 e. The standard InChI is InChI=1S/C25H22N4O5/c1-16-26-23(29-34-16)15-33-19-12-10-17(11-13-19)24(30)28-22-9-4-3-8-21(22)25(31)27-18-6-5-7-20(14-18)32-2/h3-14H,15H2,1-2H3,(H,27,31)(H,28,30). The van der Waals surface area contributed by atoms with Gasteiger partial charge in [0.1, 0.15) is 11.5 Å². The summed E-state index contributed by atoms with van der Waals surface area (Å²) in [7, 11) is 1.55. The van der Waals surface area contributed by atoms with Gasteiger partial charge in [0.15, 0.2) is 6.61 Å². The summed E-state index contributed by atoms with van der Waals surface area (Å²) in [5.74, 6) is 1.36. The zero-order valence-electron chi connectivity index (χ0n) is 18.6. The van der Waals surface area contributed by atoms with E-state index in [2.05, 4.69) is 20.8 Å². The van der Waals surface area contributed by atoms with Gasteiger partial charge in [0, 0.05) is 24.2 Å². The fraction of sp³-hybridized carbons (Fsp3) is 0.120. The number of ether oxygens (including phenoxy) is 2. The number of methoxy groups -OCH3 is 1. The molecule has 0 aliphatic heterocycles. The van der Waals surface area contributed by atoms with Crippen LogP contribution in [0.1, 0.15) is 32.4 Å². The van der Waals surface area contributed by atoms with E-state index in [1.807, 2.05) is 0 Å². The van der Waals surface area contributed by atoms with E-state index in [9.17, 15) is 9.59 Å². The van der Waals surface area contributed by atoms with Crippen molar-refractivity contribution >= 4 is 23.2 Å². The van der Waals surface area contributed by atoms with Gasteiger partial charge in [-0.3, -0.25) is 9.59 Å². The van der Waals surface area contributed by atoms with E-state index in [1.165, 1.54) is 0 Å². The van der Waals surface area contributed by atoms with Crippen molar-refractivity contribution in [3.8, 4) is 11.5 Å². The van der Waals surface area contributed by atoms with Crippen molar-refractivity contribution in [1.82, 2.24) is 10.1 Å². The second kappa shape index (κ2) is 10.3. The Morgan fingerprint density at radius 1 is 0.912 bits per heavy atom. The van der Waals surface area contributed by atoms with Gasteiger partial charge in [-0.2, -0.15) is 4.98 Å². The molecule has 9 heteroatoms. The Labute approximate surface area is 195 Å². The highest BCUT2D eigenvalue weighted by Crippen LogP contribution is 2.21. The van der Waals surface area contributed by atoms with Crippen LogP contribution in [0.15, 0.2) is 77.3 Å². The molecule has 4 aromatic rings. The highest BCUT2D eigenvalue weighted by atomic mass is 16.5. The Morgan fingerprint density at radius 3 is 2.44 bits per heavy atom. The normalized spacial score (nSPS) is 10.4. The Kier molecular flexibility index (Phi) is 6.83. The first-order valence-electron chi connectivity index (χ1n) is 10.4. The maximum absolute atomic E-state index is 12.9. The van der Waals surface area contributed by atoms with Gasteiger partial charge in [-0.1, -0.05) is 23.4 Å². The summed E-state index contributed by atoms with van der Waals surface area (Å²) < 4.78 is 15.7. The minimum atomic E-state index is -0.359. The zero-order chi connectivity index (χ0) is 23.9. The third kappa shape index (κ3) is 5.57. The predicted molar refractivity (Wildman–Crippen MR) is 125 cm³/mol. The minimum absolute atomic E-state index is 0.151. The molecule has 172 valence electrons. The third-order valence-corrected chi connectivity index (χ3v) is 4.80. The van der Waals surface area contributed by atoms with Crippen LogP contribution in [-0.2, 0) is 6.61 Å². The van der Waals surface area contributed by atoms with E-state index < -0.39 is 0 Å². The molecule has 0 bridgehead atoms. The molecule has 3 aromatic carbocycles. The first-order chi connectivity index (χ1) is 16.5. The van der Waals surface area contributed by atoms with Crippen LogP contribution in [0.5, 0.6) is 11.5 Å². The van der Waals surface area contributed by atoms with Crippen LogP contribution < -0.4 is 20.1 Å². The molecule has 0 saturated carbocycles. The number of amides is 2. The number of nitrogens with one attached hydrogen (secondary N) is 2. The lowest BCUT2D eigenvalue weighted by Crippen LogP contribution is -2.18. The molecule has 0 aliphatic rings. The molecule has 1 heterocycles. The molecule has 9 nitrogen and oxygen atoms in total. The number of aromatic nitrogens is 2. The van der Waals surface area contributed by atoms with E-state index in [0.29, 0.717) is 45.7 Å². The van der Waals surface area contributed by atoms with Gasteiger partial charge < -0.3 is 24.6 Å². The van der Waals surface area contributed by atoms with Crippen LogP contribution in [0.4, 0.5) is 11.4 Å². The number of benzene rings is 3. The summed E-state index contributed by atoms with van der Waals surface area (Å²) in [6, 6.07) is 20.4. The van der Waals surface area contributed by atoms with Crippen LogP contribution in [0.25, 0.3) is 0 Å². The fourth-order valence-electron chi connectivity index (χ4n) is 3.13. The van der Waals surface area contributed by atoms with Gasteiger partial charge in [-0.25, -0.2) is 0 Å². The highest BCUT2D eigenvalue weighted by Gasteiger charge is 2.15. The Hall–Kier alpha value is -4.66. The Morgan fingerprint density at radius 2 is 1.71 bits per heavy atom. The number of carbonyl (C=O) groups is 2. The largest absolute Gasteiger partial charge is 0.497 e. The van der Waals surface area contributed by atoms with Crippen molar-refractivity contribution in [2.75, 3.05) is 17.7 Å². The van der Waals surface area contributed by atoms with E-state index in [0.717, 1.165) is 0 Å². The maximum atomic E-state index is 12.9. The summed E-state index contributed by atoms with van der Waals surface area (Å²) in [5, 5.41) is 9.38. The number of carbonyl (C=O) groups excluding carboxylic acids is 2. The number of hydrogen-bond donors (Lipinski definition) is 2. The van der Waals surface area contributed by atoms with Crippen LogP contribution in [0, 0.1) is 6.92 Å². The monoisotopic (exact) mass is 458 g/mol. The Bertz CT molecular complexity index is 1300. The van der Waals surface area contributed by atoms with Crippen molar-refractivity contribution in [1.29, 1.82) is 0 Å². The number of hydrogen-bond acceptors (Lipinski definition) is 7. The zero-order valence-corrected chi connectivity index (χ0v) is 18.6. The summed E-state index contributed by atoms with van der Waals surface area (Å²) in [5.41, 5.74) is 1.71.